The van der Waals surface area contributed by atoms with Gasteiger partial charge in [0.15, 0.2) is 11.6 Å². The third-order valence-corrected chi connectivity index (χ3v) is 3.00. The van der Waals surface area contributed by atoms with Crippen LogP contribution in [0.2, 0.25) is 0 Å². The second kappa shape index (κ2) is 4.34. The van der Waals surface area contributed by atoms with Crippen LogP contribution in [0.15, 0.2) is 40.9 Å². The molecule has 0 nitrogen and oxygen atoms in total. The minimum absolute atomic E-state index is 0.553. The highest BCUT2D eigenvalue weighted by Gasteiger charge is 2.09. The van der Waals surface area contributed by atoms with Gasteiger partial charge < -0.3 is 0 Å². The van der Waals surface area contributed by atoms with E-state index in [0.29, 0.717) is 10.0 Å². The topological polar surface area (TPSA) is 0 Å². The summed E-state index contributed by atoms with van der Waals surface area (Å²) in [7, 11) is 0. The van der Waals surface area contributed by atoms with Gasteiger partial charge >= 0.3 is 0 Å². The maximum Gasteiger partial charge on any atom is 0.159 e. The highest BCUT2D eigenvalue weighted by Crippen LogP contribution is 2.30. The lowest BCUT2D eigenvalue weighted by atomic mass is 10.0. The monoisotopic (exact) mass is 282 g/mol. The summed E-state index contributed by atoms with van der Waals surface area (Å²) < 4.78 is 26.7. The molecule has 0 unspecified atom stereocenters. The molecule has 0 saturated carbocycles. The molecule has 0 aliphatic rings. The highest BCUT2D eigenvalue weighted by molar-refractivity contribution is 9.10. The lowest BCUT2D eigenvalue weighted by Gasteiger charge is -2.06. The Labute approximate surface area is 101 Å². The molecule has 0 aromatic heterocycles. The van der Waals surface area contributed by atoms with Gasteiger partial charge in [0.1, 0.15) is 0 Å². The Morgan fingerprint density at radius 3 is 2.38 bits per heavy atom. The van der Waals surface area contributed by atoms with Gasteiger partial charge in [0, 0.05) is 4.47 Å². The molecule has 0 saturated heterocycles. The molecule has 82 valence electrons. The third-order valence-electron chi connectivity index (χ3n) is 2.34. The van der Waals surface area contributed by atoms with Gasteiger partial charge in [-0.3, -0.25) is 0 Å². The van der Waals surface area contributed by atoms with E-state index in [2.05, 4.69) is 15.9 Å². The third kappa shape index (κ3) is 2.14. The van der Waals surface area contributed by atoms with E-state index in [0.717, 1.165) is 17.2 Å². The first-order chi connectivity index (χ1) is 7.58. The number of hydrogen-bond acceptors (Lipinski definition) is 0. The number of hydrogen-bond donors (Lipinski definition) is 0. The zero-order valence-corrected chi connectivity index (χ0v) is 10.2. The lowest BCUT2D eigenvalue weighted by Crippen LogP contribution is -1.88. The molecule has 0 bridgehead atoms. The van der Waals surface area contributed by atoms with E-state index in [9.17, 15) is 8.78 Å². The van der Waals surface area contributed by atoms with Crippen molar-refractivity contribution in [3.8, 4) is 11.1 Å². The van der Waals surface area contributed by atoms with E-state index in [1.807, 2.05) is 31.2 Å². The van der Waals surface area contributed by atoms with E-state index in [1.165, 1.54) is 6.07 Å². The van der Waals surface area contributed by atoms with Gasteiger partial charge in [-0.15, -0.1) is 0 Å². The second-order valence-corrected chi connectivity index (χ2v) is 4.47. The molecule has 0 radical (unpaired) electrons. The largest absolute Gasteiger partial charge is 0.204 e. The summed E-state index contributed by atoms with van der Waals surface area (Å²) in [4.78, 5) is 0. The maximum absolute atomic E-state index is 13.1. The van der Waals surface area contributed by atoms with Crippen LogP contribution in [0.1, 0.15) is 5.56 Å². The minimum atomic E-state index is -0.844. The molecule has 0 heterocycles. The van der Waals surface area contributed by atoms with Gasteiger partial charge in [0.05, 0.1) is 0 Å². The first kappa shape index (κ1) is 11.3. The van der Waals surface area contributed by atoms with Crippen molar-refractivity contribution in [3.05, 3.63) is 58.1 Å². The van der Waals surface area contributed by atoms with Crippen molar-refractivity contribution >= 4 is 15.9 Å². The van der Waals surface area contributed by atoms with Crippen LogP contribution >= 0.6 is 15.9 Å². The normalized spacial score (nSPS) is 10.5. The molecule has 0 aliphatic heterocycles. The van der Waals surface area contributed by atoms with E-state index in [4.69, 9.17) is 0 Å². The van der Waals surface area contributed by atoms with Crippen LogP contribution in [0.25, 0.3) is 11.1 Å². The lowest BCUT2D eigenvalue weighted by molar-refractivity contribution is 0.508. The van der Waals surface area contributed by atoms with Gasteiger partial charge in [0.25, 0.3) is 0 Å². The van der Waals surface area contributed by atoms with Crippen molar-refractivity contribution in [2.45, 2.75) is 6.92 Å². The van der Waals surface area contributed by atoms with Crippen molar-refractivity contribution < 1.29 is 8.78 Å². The molecule has 3 heteroatoms. The fourth-order valence-electron chi connectivity index (χ4n) is 1.56. The Hall–Kier alpha value is -1.22. The maximum atomic E-state index is 13.1. The molecule has 2 rings (SSSR count). The van der Waals surface area contributed by atoms with E-state index < -0.39 is 11.6 Å². The molecular weight excluding hydrogens is 274 g/mol. The molecule has 2 aromatic carbocycles. The Balaban J connectivity index is 2.60. The minimum Gasteiger partial charge on any atom is -0.204 e. The number of benzene rings is 2. The number of halogens is 3. The Kier molecular flexibility index (Phi) is 3.06. The Bertz CT molecular complexity index is 535. The van der Waals surface area contributed by atoms with Crippen LogP contribution in [0, 0.1) is 18.6 Å². The SMILES string of the molecule is Cc1cccc(-c2cc(F)c(F)cc2Br)c1. The molecular formula is C13H9BrF2. The summed E-state index contributed by atoms with van der Waals surface area (Å²) in [6, 6.07) is 9.98. The van der Waals surface area contributed by atoms with Gasteiger partial charge in [-0.05, 0) is 30.2 Å². The van der Waals surface area contributed by atoms with Crippen molar-refractivity contribution in [2.24, 2.45) is 0 Å². The fraction of sp³-hybridized carbons (Fsp3) is 0.0769. The van der Waals surface area contributed by atoms with Crippen molar-refractivity contribution in [2.75, 3.05) is 0 Å². The van der Waals surface area contributed by atoms with Crippen molar-refractivity contribution in [3.63, 3.8) is 0 Å². The quantitative estimate of drug-likeness (QED) is 0.665. The summed E-state index contributed by atoms with van der Waals surface area (Å²) in [5, 5.41) is 0. The van der Waals surface area contributed by atoms with Crippen molar-refractivity contribution in [1.82, 2.24) is 0 Å². The molecule has 0 aliphatic carbocycles. The summed E-state index contributed by atoms with van der Waals surface area (Å²) in [6.45, 7) is 1.96. The average molecular weight is 283 g/mol. The van der Waals surface area contributed by atoms with E-state index >= 15 is 0 Å². The predicted octanol–water partition coefficient (Wildman–Crippen LogP) is 4.70. The molecule has 0 fully saturated rings. The first-order valence-corrected chi connectivity index (χ1v) is 5.59. The zero-order chi connectivity index (χ0) is 11.7. The molecule has 0 atom stereocenters. The van der Waals surface area contributed by atoms with Crippen LogP contribution in [-0.4, -0.2) is 0 Å². The summed E-state index contributed by atoms with van der Waals surface area (Å²) in [5.41, 5.74) is 2.60. The van der Waals surface area contributed by atoms with Gasteiger partial charge in [0.2, 0.25) is 0 Å². The Morgan fingerprint density at radius 2 is 1.69 bits per heavy atom. The van der Waals surface area contributed by atoms with Crippen molar-refractivity contribution in [1.29, 1.82) is 0 Å². The number of aryl methyl sites for hydroxylation is 1. The van der Waals surface area contributed by atoms with Gasteiger partial charge in [-0.2, -0.15) is 0 Å². The molecule has 0 spiro atoms. The fourth-order valence-corrected chi connectivity index (χ4v) is 2.10. The summed E-state index contributed by atoms with van der Waals surface area (Å²) in [6.07, 6.45) is 0. The summed E-state index contributed by atoms with van der Waals surface area (Å²) >= 11 is 3.24. The average Bonchev–Trinajstić information content (AvgIpc) is 2.23. The van der Waals surface area contributed by atoms with Crippen LogP contribution in [0.4, 0.5) is 8.78 Å². The standard InChI is InChI=1S/C13H9BrF2/c1-8-3-2-4-9(5-8)10-6-12(15)13(16)7-11(10)14/h2-7H,1H3. The smallest absolute Gasteiger partial charge is 0.159 e. The molecule has 16 heavy (non-hydrogen) atoms. The molecule has 0 N–H and O–H groups in total. The number of rotatable bonds is 1. The molecule has 2 aromatic rings. The highest BCUT2D eigenvalue weighted by atomic mass is 79.9. The predicted molar refractivity (Wildman–Crippen MR) is 64.2 cm³/mol. The second-order valence-electron chi connectivity index (χ2n) is 3.62. The van der Waals surface area contributed by atoms with Gasteiger partial charge in [-0.1, -0.05) is 45.8 Å². The van der Waals surface area contributed by atoms with Crippen LogP contribution in [-0.2, 0) is 0 Å². The van der Waals surface area contributed by atoms with E-state index in [-0.39, 0.29) is 0 Å². The zero-order valence-electron chi connectivity index (χ0n) is 8.60. The molecule has 0 amide bonds. The summed E-state index contributed by atoms with van der Waals surface area (Å²) in [5.74, 6) is -1.68. The Morgan fingerprint density at radius 1 is 1.00 bits per heavy atom. The van der Waals surface area contributed by atoms with Crippen LogP contribution in [0.3, 0.4) is 0 Å². The van der Waals surface area contributed by atoms with Gasteiger partial charge in [-0.25, -0.2) is 8.78 Å². The van der Waals surface area contributed by atoms with Crippen LogP contribution in [0.5, 0.6) is 0 Å². The van der Waals surface area contributed by atoms with Crippen LogP contribution < -0.4 is 0 Å². The van der Waals surface area contributed by atoms with E-state index in [1.54, 1.807) is 0 Å². The first-order valence-electron chi connectivity index (χ1n) is 4.79.